The van der Waals surface area contributed by atoms with Crippen LogP contribution in [-0.4, -0.2) is 68.9 Å². The Morgan fingerprint density at radius 1 is 0.974 bits per heavy atom. The first-order valence-electron chi connectivity index (χ1n) is 12.8. The Morgan fingerprint density at radius 3 is 2.44 bits per heavy atom. The average Bonchev–Trinajstić information content (AvgIpc) is 3.40. The van der Waals surface area contributed by atoms with Gasteiger partial charge in [0.25, 0.3) is 23.5 Å². The monoisotopic (exact) mass is 523 g/mol. The van der Waals surface area contributed by atoms with Gasteiger partial charge in [-0.3, -0.25) is 24.2 Å². The number of aromatic nitrogens is 2. The van der Waals surface area contributed by atoms with E-state index in [1.807, 2.05) is 56.3 Å². The number of ketones is 1. The van der Waals surface area contributed by atoms with Crippen LogP contribution in [0, 0.1) is 6.92 Å². The summed E-state index contributed by atoms with van der Waals surface area (Å²) >= 11 is 0. The normalized spacial score (nSPS) is 15.3. The van der Waals surface area contributed by atoms with Crippen LogP contribution in [0.4, 0.5) is 0 Å². The van der Waals surface area contributed by atoms with Crippen LogP contribution >= 0.6 is 0 Å². The van der Waals surface area contributed by atoms with Crippen molar-refractivity contribution in [3.63, 3.8) is 0 Å². The Balaban J connectivity index is 1.28. The zero-order chi connectivity index (χ0) is 27.5. The number of fused-ring (bicyclic) bond motifs is 1. The minimum Gasteiger partial charge on any atom is -0.358 e. The number of pyridine rings is 1. The van der Waals surface area contributed by atoms with Crippen molar-refractivity contribution in [3.05, 3.63) is 101 Å². The highest BCUT2D eigenvalue weighted by molar-refractivity contribution is 6.44. The van der Waals surface area contributed by atoms with Crippen molar-refractivity contribution in [3.8, 4) is 0 Å². The smallest absolute Gasteiger partial charge is 0.295 e. The molecule has 1 atom stereocenters. The minimum atomic E-state index is -0.708. The molecule has 1 aliphatic heterocycles. The highest BCUT2D eigenvalue weighted by Crippen LogP contribution is 2.22. The van der Waals surface area contributed by atoms with Crippen LogP contribution in [0.3, 0.4) is 0 Å². The molecule has 2 N–H and O–H groups in total. The molecule has 0 unspecified atom stereocenters. The van der Waals surface area contributed by atoms with Crippen LogP contribution in [0.25, 0.3) is 11.0 Å². The van der Waals surface area contributed by atoms with Gasteiger partial charge in [-0.1, -0.05) is 48.0 Å². The van der Waals surface area contributed by atoms with E-state index in [0.717, 1.165) is 11.1 Å². The molecule has 9 nitrogen and oxygen atoms in total. The van der Waals surface area contributed by atoms with Crippen molar-refractivity contribution in [2.45, 2.75) is 26.4 Å². The summed E-state index contributed by atoms with van der Waals surface area (Å²) < 4.78 is 0. The molecule has 3 amide bonds. The van der Waals surface area contributed by atoms with Gasteiger partial charge in [-0.25, -0.2) is 0 Å². The molecule has 4 aromatic rings. The first-order chi connectivity index (χ1) is 18.8. The van der Waals surface area contributed by atoms with E-state index < -0.39 is 11.7 Å². The fourth-order valence-electron chi connectivity index (χ4n) is 4.82. The van der Waals surface area contributed by atoms with Gasteiger partial charge in [0.05, 0.1) is 16.6 Å². The van der Waals surface area contributed by atoms with Gasteiger partial charge in [0.1, 0.15) is 5.52 Å². The van der Waals surface area contributed by atoms with E-state index in [4.69, 9.17) is 0 Å². The molecule has 5 rings (SSSR count). The maximum atomic E-state index is 13.3. The number of nitrogens with zero attached hydrogens (tertiary/aromatic N) is 3. The van der Waals surface area contributed by atoms with Gasteiger partial charge in [-0.05, 0) is 37.6 Å². The second-order valence-corrected chi connectivity index (χ2v) is 9.75. The van der Waals surface area contributed by atoms with Crippen molar-refractivity contribution in [1.82, 2.24) is 25.1 Å². The number of nitrogens with one attached hydrogen (secondary N) is 2. The number of hydrogen-bond donors (Lipinski definition) is 2. The van der Waals surface area contributed by atoms with E-state index >= 15 is 0 Å². The Morgan fingerprint density at radius 2 is 1.72 bits per heavy atom. The maximum absolute atomic E-state index is 13.3. The summed E-state index contributed by atoms with van der Waals surface area (Å²) in [5.74, 6) is -1.79. The summed E-state index contributed by atoms with van der Waals surface area (Å²) in [6.45, 7) is 5.06. The number of aryl methyl sites for hydroxylation is 1. The zero-order valence-electron chi connectivity index (χ0n) is 21.8. The molecule has 3 heterocycles. The lowest BCUT2D eigenvalue weighted by atomic mass is 10.1. The third kappa shape index (κ3) is 5.29. The molecular weight excluding hydrogens is 494 g/mol. The molecule has 1 aliphatic rings. The van der Waals surface area contributed by atoms with Gasteiger partial charge >= 0.3 is 0 Å². The Bertz CT molecular complexity index is 1540. The Hall–Kier alpha value is -4.79. The van der Waals surface area contributed by atoms with Gasteiger partial charge in [-0.15, -0.1) is 0 Å². The van der Waals surface area contributed by atoms with Crippen LogP contribution in [-0.2, 0) is 11.3 Å². The van der Waals surface area contributed by atoms with Crippen LogP contribution in [0.5, 0.6) is 0 Å². The molecule has 1 fully saturated rings. The predicted molar refractivity (Wildman–Crippen MR) is 146 cm³/mol. The third-order valence-corrected chi connectivity index (χ3v) is 7.02. The van der Waals surface area contributed by atoms with Crippen molar-refractivity contribution in [2.75, 3.05) is 19.6 Å². The summed E-state index contributed by atoms with van der Waals surface area (Å²) in [4.78, 5) is 62.8. The second-order valence-electron chi connectivity index (χ2n) is 9.75. The first-order valence-corrected chi connectivity index (χ1v) is 12.8. The molecule has 2 aromatic carbocycles. The number of aromatic amines is 1. The minimum absolute atomic E-state index is 0.102. The predicted octanol–water partition coefficient (Wildman–Crippen LogP) is 3.36. The number of hydrogen-bond acceptors (Lipinski definition) is 5. The number of Topliss-reactive ketones (excluding diaryl/α,β-unsaturated/α-hetero) is 1. The summed E-state index contributed by atoms with van der Waals surface area (Å²) in [7, 11) is 0. The lowest BCUT2D eigenvalue weighted by molar-refractivity contribution is -0.130. The highest BCUT2D eigenvalue weighted by atomic mass is 16.2. The summed E-state index contributed by atoms with van der Waals surface area (Å²) in [6.07, 6.45) is 2.88. The van der Waals surface area contributed by atoms with Crippen molar-refractivity contribution < 1.29 is 19.2 Å². The third-order valence-electron chi connectivity index (χ3n) is 7.02. The topological polar surface area (TPSA) is 115 Å². The molecule has 1 saturated heterocycles. The SMILES string of the molecule is Cc1ccc(CNC(=O)c2ccnc3c(C(=O)C(=O)N4CCN(C(=O)c5ccccc5)C[C@H]4C)c[nH]c23)cc1. The summed E-state index contributed by atoms with van der Waals surface area (Å²) in [6, 6.07) is 18.1. The second kappa shape index (κ2) is 10.9. The van der Waals surface area contributed by atoms with E-state index in [0.29, 0.717) is 36.3 Å². The van der Waals surface area contributed by atoms with Gasteiger partial charge in [0.15, 0.2) is 0 Å². The lowest BCUT2D eigenvalue weighted by Gasteiger charge is -2.39. The van der Waals surface area contributed by atoms with Crippen molar-refractivity contribution in [2.24, 2.45) is 0 Å². The molecule has 0 radical (unpaired) electrons. The molecule has 198 valence electrons. The largest absolute Gasteiger partial charge is 0.358 e. The van der Waals surface area contributed by atoms with E-state index in [9.17, 15) is 19.2 Å². The fourth-order valence-corrected chi connectivity index (χ4v) is 4.82. The molecule has 9 heteroatoms. The van der Waals surface area contributed by atoms with Gasteiger partial charge in [0.2, 0.25) is 0 Å². The van der Waals surface area contributed by atoms with Gasteiger partial charge in [-0.2, -0.15) is 0 Å². The molecular formula is C30H29N5O4. The number of benzene rings is 2. The van der Waals surface area contributed by atoms with Gasteiger partial charge in [0, 0.05) is 50.2 Å². The number of carbonyl (C=O) groups is 4. The standard InChI is InChI=1S/C30H29N5O4/c1-19-8-10-21(11-9-19)16-33-28(37)23-12-13-31-26-24(17-32-25(23)26)27(36)30(39)35-15-14-34(18-20(35)2)29(38)22-6-4-3-5-7-22/h3-13,17,20,32H,14-16,18H2,1-2H3,(H,33,37)/t20-/m1/s1. The molecule has 0 spiro atoms. The highest BCUT2D eigenvalue weighted by Gasteiger charge is 2.34. The first kappa shape index (κ1) is 25.8. The summed E-state index contributed by atoms with van der Waals surface area (Å²) in [5, 5.41) is 2.89. The zero-order valence-corrected chi connectivity index (χ0v) is 21.8. The molecule has 0 bridgehead atoms. The van der Waals surface area contributed by atoms with E-state index in [1.54, 1.807) is 23.1 Å². The quantitative estimate of drug-likeness (QED) is 0.297. The van der Waals surface area contributed by atoms with E-state index in [-0.39, 0.29) is 35.5 Å². The summed E-state index contributed by atoms with van der Waals surface area (Å²) in [5.41, 5.74) is 3.79. The van der Waals surface area contributed by atoms with Crippen LogP contribution in [0.15, 0.2) is 73.1 Å². The lowest BCUT2D eigenvalue weighted by Crippen LogP contribution is -2.56. The van der Waals surface area contributed by atoms with E-state index in [1.165, 1.54) is 17.3 Å². The van der Waals surface area contributed by atoms with Crippen molar-refractivity contribution in [1.29, 1.82) is 0 Å². The number of carbonyl (C=O) groups excluding carboxylic acids is 4. The Labute approximate surface area is 225 Å². The molecule has 39 heavy (non-hydrogen) atoms. The van der Waals surface area contributed by atoms with Crippen LogP contribution in [0.2, 0.25) is 0 Å². The number of piperazine rings is 1. The molecule has 0 saturated carbocycles. The van der Waals surface area contributed by atoms with Gasteiger partial charge < -0.3 is 20.1 Å². The number of rotatable bonds is 6. The molecule has 0 aliphatic carbocycles. The fraction of sp³-hybridized carbons (Fsp3) is 0.233. The number of amides is 3. The number of H-pyrrole nitrogens is 1. The van der Waals surface area contributed by atoms with Crippen LogP contribution in [0.1, 0.15) is 49.1 Å². The average molecular weight is 524 g/mol. The van der Waals surface area contributed by atoms with Crippen LogP contribution < -0.4 is 5.32 Å². The Kier molecular flexibility index (Phi) is 7.23. The maximum Gasteiger partial charge on any atom is 0.295 e. The van der Waals surface area contributed by atoms with E-state index in [2.05, 4.69) is 15.3 Å². The van der Waals surface area contributed by atoms with Crippen molar-refractivity contribution >= 4 is 34.5 Å². The molecule has 2 aromatic heterocycles.